The zero-order valence-corrected chi connectivity index (χ0v) is 12.6. The molecule has 0 aliphatic carbocycles. The van der Waals surface area contributed by atoms with Crippen molar-refractivity contribution in [2.45, 2.75) is 64.7 Å². The number of likely N-dealkylation sites (N-methyl/N-ethyl adjacent to an activating group) is 1. The van der Waals surface area contributed by atoms with Gasteiger partial charge < -0.3 is 9.47 Å². The standard InChI is InChI=1S/C14H27NO3/c1-7-15(9-8-12(16)17-6)11-10-13(2,3)18-14(11,4)5/h11H,7-10H2,1-6H3. The van der Waals surface area contributed by atoms with Crippen molar-refractivity contribution < 1.29 is 14.3 Å². The Bertz CT molecular complexity index is 299. The molecule has 1 aliphatic heterocycles. The van der Waals surface area contributed by atoms with Crippen LogP contribution in [0.5, 0.6) is 0 Å². The van der Waals surface area contributed by atoms with Gasteiger partial charge in [0.2, 0.25) is 0 Å². The number of nitrogens with zero attached hydrogens (tertiary/aromatic N) is 1. The number of methoxy groups -OCH3 is 1. The Morgan fingerprint density at radius 1 is 1.39 bits per heavy atom. The molecule has 0 radical (unpaired) electrons. The van der Waals surface area contributed by atoms with E-state index in [2.05, 4.69) is 39.5 Å². The molecule has 0 aromatic rings. The van der Waals surface area contributed by atoms with Gasteiger partial charge in [0, 0.05) is 12.6 Å². The fraction of sp³-hybridized carbons (Fsp3) is 0.929. The van der Waals surface area contributed by atoms with E-state index in [1.807, 2.05) is 0 Å². The maximum Gasteiger partial charge on any atom is 0.306 e. The summed E-state index contributed by atoms with van der Waals surface area (Å²) in [6, 6.07) is 0.349. The van der Waals surface area contributed by atoms with Gasteiger partial charge in [0.05, 0.1) is 24.7 Å². The molecule has 0 spiro atoms. The van der Waals surface area contributed by atoms with Gasteiger partial charge in [0.1, 0.15) is 0 Å². The van der Waals surface area contributed by atoms with Crippen LogP contribution in [-0.4, -0.2) is 48.3 Å². The normalized spacial score (nSPS) is 25.4. The highest BCUT2D eigenvalue weighted by molar-refractivity contribution is 5.69. The second-order valence-electron chi connectivity index (χ2n) is 6.14. The second kappa shape index (κ2) is 5.57. The van der Waals surface area contributed by atoms with Gasteiger partial charge in [-0.05, 0) is 40.7 Å². The van der Waals surface area contributed by atoms with Crippen LogP contribution in [0.15, 0.2) is 0 Å². The minimum Gasteiger partial charge on any atom is -0.469 e. The molecular weight excluding hydrogens is 230 g/mol. The Morgan fingerprint density at radius 3 is 2.39 bits per heavy atom. The molecule has 0 aromatic carbocycles. The van der Waals surface area contributed by atoms with Gasteiger partial charge in [0.15, 0.2) is 0 Å². The average molecular weight is 257 g/mol. The van der Waals surface area contributed by atoms with Crippen LogP contribution < -0.4 is 0 Å². The maximum absolute atomic E-state index is 11.3. The molecule has 0 N–H and O–H groups in total. The van der Waals surface area contributed by atoms with Crippen molar-refractivity contribution in [2.24, 2.45) is 0 Å². The first kappa shape index (κ1) is 15.4. The van der Waals surface area contributed by atoms with Crippen LogP contribution in [0.2, 0.25) is 0 Å². The highest BCUT2D eigenvalue weighted by Gasteiger charge is 2.47. The number of hydrogen-bond donors (Lipinski definition) is 0. The van der Waals surface area contributed by atoms with Crippen molar-refractivity contribution in [3.8, 4) is 0 Å². The Labute approximate surface area is 111 Å². The van der Waals surface area contributed by atoms with Crippen LogP contribution in [0.1, 0.15) is 47.5 Å². The lowest BCUT2D eigenvalue weighted by Gasteiger charge is -2.35. The molecule has 1 heterocycles. The minimum atomic E-state index is -0.171. The SMILES string of the molecule is CCN(CCC(=O)OC)C1CC(C)(C)OC1(C)C. The number of carbonyl (C=O) groups is 1. The highest BCUT2D eigenvalue weighted by Crippen LogP contribution is 2.40. The van der Waals surface area contributed by atoms with Crippen LogP contribution in [0.3, 0.4) is 0 Å². The molecule has 1 unspecified atom stereocenters. The molecule has 1 atom stereocenters. The fourth-order valence-electron chi connectivity index (χ4n) is 2.97. The lowest BCUT2D eigenvalue weighted by atomic mass is 9.93. The molecule has 1 saturated heterocycles. The van der Waals surface area contributed by atoms with Crippen LogP contribution in [0.25, 0.3) is 0 Å². The average Bonchev–Trinajstić information content (AvgIpc) is 2.47. The van der Waals surface area contributed by atoms with E-state index in [0.29, 0.717) is 12.5 Å². The van der Waals surface area contributed by atoms with Gasteiger partial charge in [-0.3, -0.25) is 9.69 Å². The smallest absolute Gasteiger partial charge is 0.306 e. The van der Waals surface area contributed by atoms with Crippen molar-refractivity contribution >= 4 is 5.97 Å². The van der Waals surface area contributed by atoms with Crippen molar-refractivity contribution in [1.82, 2.24) is 4.90 Å². The Balaban J connectivity index is 2.67. The molecule has 4 heteroatoms. The molecule has 0 aromatic heterocycles. The second-order valence-corrected chi connectivity index (χ2v) is 6.14. The first-order chi connectivity index (χ1) is 8.22. The highest BCUT2D eigenvalue weighted by atomic mass is 16.5. The lowest BCUT2D eigenvalue weighted by molar-refractivity contribution is -0.141. The predicted octanol–water partition coefficient (Wildman–Crippen LogP) is 2.22. The molecule has 4 nitrogen and oxygen atoms in total. The fourth-order valence-corrected chi connectivity index (χ4v) is 2.97. The summed E-state index contributed by atoms with van der Waals surface area (Å²) in [5, 5.41) is 0. The summed E-state index contributed by atoms with van der Waals surface area (Å²) >= 11 is 0. The quantitative estimate of drug-likeness (QED) is 0.708. The summed E-state index contributed by atoms with van der Waals surface area (Å²) in [5.41, 5.74) is -0.261. The summed E-state index contributed by atoms with van der Waals surface area (Å²) < 4.78 is 10.8. The van der Waals surface area contributed by atoms with Gasteiger partial charge in [0.25, 0.3) is 0 Å². The summed E-state index contributed by atoms with van der Waals surface area (Å²) in [6.45, 7) is 12.3. The minimum absolute atomic E-state index is 0.0904. The van der Waals surface area contributed by atoms with Crippen molar-refractivity contribution in [2.75, 3.05) is 20.2 Å². The molecule has 106 valence electrons. The van der Waals surface area contributed by atoms with E-state index in [1.54, 1.807) is 0 Å². The van der Waals surface area contributed by atoms with Crippen LogP contribution >= 0.6 is 0 Å². The van der Waals surface area contributed by atoms with Gasteiger partial charge in [-0.2, -0.15) is 0 Å². The van der Waals surface area contributed by atoms with E-state index in [9.17, 15) is 4.79 Å². The summed E-state index contributed by atoms with van der Waals surface area (Å²) in [7, 11) is 1.43. The molecule has 1 aliphatic rings. The van der Waals surface area contributed by atoms with Gasteiger partial charge in [-0.25, -0.2) is 0 Å². The lowest BCUT2D eigenvalue weighted by Crippen LogP contribution is -2.47. The van der Waals surface area contributed by atoms with E-state index < -0.39 is 0 Å². The molecule has 1 rings (SSSR count). The third-order valence-electron chi connectivity index (χ3n) is 3.70. The van der Waals surface area contributed by atoms with E-state index in [1.165, 1.54) is 7.11 Å². The summed E-state index contributed by atoms with van der Waals surface area (Å²) in [6.07, 6.45) is 1.44. The monoisotopic (exact) mass is 257 g/mol. The number of ether oxygens (including phenoxy) is 2. The van der Waals surface area contributed by atoms with Crippen molar-refractivity contribution in [3.63, 3.8) is 0 Å². The zero-order valence-electron chi connectivity index (χ0n) is 12.6. The molecule has 1 fully saturated rings. The van der Waals surface area contributed by atoms with Crippen molar-refractivity contribution in [1.29, 1.82) is 0 Å². The number of rotatable bonds is 5. The van der Waals surface area contributed by atoms with Gasteiger partial charge >= 0.3 is 5.97 Å². The van der Waals surface area contributed by atoms with Gasteiger partial charge in [-0.1, -0.05) is 6.92 Å². The first-order valence-electron chi connectivity index (χ1n) is 6.73. The van der Waals surface area contributed by atoms with Crippen LogP contribution in [0.4, 0.5) is 0 Å². The third-order valence-corrected chi connectivity index (χ3v) is 3.70. The molecule has 0 saturated carbocycles. The zero-order chi connectivity index (χ0) is 14.0. The van der Waals surface area contributed by atoms with E-state index >= 15 is 0 Å². The number of esters is 1. The topological polar surface area (TPSA) is 38.8 Å². The van der Waals surface area contributed by atoms with Crippen molar-refractivity contribution in [3.05, 3.63) is 0 Å². The van der Waals surface area contributed by atoms with E-state index in [0.717, 1.165) is 19.5 Å². The predicted molar refractivity (Wildman–Crippen MR) is 71.5 cm³/mol. The number of carbonyl (C=O) groups excluding carboxylic acids is 1. The van der Waals surface area contributed by atoms with E-state index in [4.69, 9.17) is 9.47 Å². The van der Waals surface area contributed by atoms with E-state index in [-0.39, 0.29) is 17.2 Å². The Hall–Kier alpha value is -0.610. The third kappa shape index (κ3) is 3.69. The first-order valence-corrected chi connectivity index (χ1v) is 6.73. The van der Waals surface area contributed by atoms with Crippen LogP contribution in [-0.2, 0) is 14.3 Å². The maximum atomic E-state index is 11.3. The summed E-state index contributed by atoms with van der Waals surface area (Å²) in [4.78, 5) is 13.6. The van der Waals surface area contributed by atoms with Gasteiger partial charge in [-0.15, -0.1) is 0 Å². The Morgan fingerprint density at radius 2 is 2.00 bits per heavy atom. The Kier molecular flexibility index (Phi) is 4.78. The molecule has 18 heavy (non-hydrogen) atoms. The number of hydrogen-bond acceptors (Lipinski definition) is 4. The van der Waals surface area contributed by atoms with Crippen LogP contribution in [0, 0.1) is 0 Å². The molecule has 0 amide bonds. The molecule has 0 bridgehead atoms. The largest absolute Gasteiger partial charge is 0.469 e. The molecular formula is C14H27NO3. The summed E-state index contributed by atoms with van der Waals surface area (Å²) in [5.74, 6) is -0.149.